The van der Waals surface area contributed by atoms with Crippen LogP contribution in [0.25, 0.3) is 16.6 Å². The van der Waals surface area contributed by atoms with Gasteiger partial charge in [-0.3, -0.25) is 14.3 Å². The Labute approximate surface area is 275 Å². The molecule has 46 heavy (non-hydrogen) atoms. The minimum atomic E-state index is 0.0434. The zero-order valence-electron chi connectivity index (χ0n) is 27.1. The van der Waals surface area contributed by atoms with Crippen LogP contribution in [0.4, 0.5) is 17.3 Å². The number of nitrogens with one attached hydrogen (secondary N) is 1. The minimum Gasteiger partial charge on any atom is -0.381 e. The number of rotatable bonds is 7. The van der Waals surface area contributed by atoms with E-state index in [9.17, 15) is 4.79 Å². The second kappa shape index (κ2) is 12.6. The first-order chi connectivity index (χ1) is 22.5. The van der Waals surface area contributed by atoms with Crippen molar-refractivity contribution in [2.24, 2.45) is 0 Å². The number of aromatic nitrogens is 3. The van der Waals surface area contributed by atoms with Crippen LogP contribution in [-0.2, 0) is 11.3 Å². The number of allylic oxidation sites excluding steroid dienone is 2. The monoisotopic (exact) mass is 636 g/mol. The third kappa shape index (κ3) is 5.78. The van der Waals surface area contributed by atoms with Gasteiger partial charge in [0.25, 0.3) is 5.56 Å². The number of fused-ring (bicyclic) bond motifs is 2. The van der Waals surface area contributed by atoms with Gasteiger partial charge >= 0.3 is 0 Å². The van der Waals surface area contributed by atoms with Crippen LogP contribution >= 0.6 is 11.3 Å². The molecule has 1 atom stereocenters. The molecule has 9 heteroatoms. The number of thiophene rings is 1. The van der Waals surface area contributed by atoms with E-state index in [0.717, 1.165) is 81.6 Å². The van der Waals surface area contributed by atoms with Crippen molar-refractivity contribution in [3.8, 4) is 0 Å². The minimum absolute atomic E-state index is 0.0434. The lowest BCUT2D eigenvalue weighted by molar-refractivity contribution is 0.0858. The van der Waals surface area contributed by atoms with Crippen molar-refractivity contribution in [3.63, 3.8) is 0 Å². The lowest BCUT2D eigenvalue weighted by atomic mass is 9.95. The predicted molar refractivity (Wildman–Crippen MR) is 188 cm³/mol. The van der Waals surface area contributed by atoms with Gasteiger partial charge in [-0.2, -0.15) is 4.98 Å². The normalized spacial score (nSPS) is 21.0. The summed E-state index contributed by atoms with van der Waals surface area (Å²) in [4.78, 5) is 31.9. The Bertz CT molecular complexity index is 1840. The molecule has 3 fully saturated rings. The Balaban J connectivity index is 1.12. The van der Waals surface area contributed by atoms with Crippen LogP contribution < -0.4 is 15.8 Å². The van der Waals surface area contributed by atoms with Crippen molar-refractivity contribution in [2.45, 2.75) is 77.3 Å². The van der Waals surface area contributed by atoms with Gasteiger partial charge in [-0.1, -0.05) is 5.57 Å². The molecule has 4 aliphatic rings. The van der Waals surface area contributed by atoms with Gasteiger partial charge < -0.3 is 15.0 Å². The third-order valence-corrected chi connectivity index (χ3v) is 11.9. The molecule has 8 nitrogen and oxygen atoms in total. The van der Waals surface area contributed by atoms with Crippen LogP contribution in [0.3, 0.4) is 0 Å². The molecule has 0 radical (unpaired) electrons. The highest BCUT2D eigenvalue weighted by Gasteiger charge is 2.30. The summed E-state index contributed by atoms with van der Waals surface area (Å²) in [5.74, 6) is 0.979. The van der Waals surface area contributed by atoms with E-state index in [1.54, 1.807) is 0 Å². The Hall–Kier alpha value is -3.53. The van der Waals surface area contributed by atoms with E-state index >= 15 is 0 Å². The number of nitrogens with zero attached hydrogens (tertiary/aromatic N) is 5. The van der Waals surface area contributed by atoms with Crippen molar-refractivity contribution in [2.75, 3.05) is 49.6 Å². The second-order valence-corrected chi connectivity index (χ2v) is 14.9. The van der Waals surface area contributed by atoms with Gasteiger partial charge in [0.1, 0.15) is 5.65 Å². The number of anilines is 3. The molecule has 8 rings (SSSR count). The maximum absolute atomic E-state index is 14.4. The fraction of sp³-hybridized carbons (Fsp3) is 0.486. The van der Waals surface area contributed by atoms with Crippen molar-refractivity contribution in [3.05, 3.63) is 79.4 Å². The average molecular weight is 637 g/mol. The van der Waals surface area contributed by atoms with Crippen LogP contribution in [0.15, 0.2) is 53.0 Å². The Morgan fingerprint density at radius 1 is 1.00 bits per heavy atom. The number of hydrogen-bond donors (Lipinski definition) is 1. The summed E-state index contributed by atoms with van der Waals surface area (Å²) in [6, 6.07) is 13.6. The molecule has 1 aromatic carbocycles. The summed E-state index contributed by atoms with van der Waals surface area (Å²) in [7, 11) is 0. The van der Waals surface area contributed by atoms with Crippen molar-refractivity contribution in [1.29, 1.82) is 0 Å². The Morgan fingerprint density at radius 2 is 1.85 bits per heavy atom. The van der Waals surface area contributed by atoms with E-state index < -0.39 is 0 Å². The van der Waals surface area contributed by atoms with E-state index in [1.807, 2.05) is 28.2 Å². The van der Waals surface area contributed by atoms with Gasteiger partial charge in [0.15, 0.2) is 0 Å². The van der Waals surface area contributed by atoms with Crippen molar-refractivity contribution >= 4 is 45.3 Å². The molecule has 240 valence electrons. The summed E-state index contributed by atoms with van der Waals surface area (Å²) in [5, 5.41) is 4.33. The zero-order valence-corrected chi connectivity index (χ0v) is 27.9. The highest BCUT2D eigenvalue weighted by molar-refractivity contribution is 7.12. The van der Waals surface area contributed by atoms with E-state index in [4.69, 9.17) is 14.7 Å². The predicted octanol–water partition coefficient (Wildman–Crippen LogP) is 7.09. The molecule has 4 aromatic rings. The third-order valence-electron chi connectivity index (χ3n) is 10.6. The molecule has 0 spiro atoms. The average Bonchev–Trinajstić information content (AvgIpc) is 3.82. The molecular weight excluding hydrogens is 593 g/mol. The number of ether oxygens (including phenoxy) is 1. The van der Waals surface area contributed by atoms with E-state index in [2.05, 4.69) is 59.3 Å². The summed E-state index contributed by atoms with van der Waals surface area (Å²) in [6.07, 6.45) is 9.67. The number of benzene rings is 1. The summed E-state index contributed by atoms with van der Waals surface area (Å²) in [6.45, 7) is 11.0. The molecule has 1 aliphatic carbocycles. The molecule has 1 unspecified atom stereocenters. The van der Waals surface area contributed by atoms with Crippen LogP contribution in [0.2, 0.25) is 0 Å². The SMILES string of the molecule is CC1=C(c2cc3cnc(Nc4ccc(N5CCN6CCCC6C5)cc4)nc3n(Cc3cc(C)sc3C3CCOCC3)c2=O)CCC1. The number of piperazine rings is 1. The first-order valence-electron chi connectivity index (χ1n) is 17.1. The Morgan fingerprint density at radius 3 is 2.65 bits per heavy atom. The van der Waals surface area contributed by atoms with Gasteiger partial charge in [-0.25, -0.2) is 4.98 Å². The quantitative estimate of drug-likeness (QED) is 0.232. The van der Waals surface area contributed by atoms with Crippen molar-refractivity contribution in [1.82, 2.24) is 19.4 Å². The molecule has 3 saturated heterocycles. The highest BCUT2D eigenvalue weighted by Crippen LogP contribution is 2.37. The van der Waals surface area contributed by atoms with Gasteiger partial charge in [-0.15, -0.1) is 11.3 Å². The van der Waals surface area contributed by atoms with Gasteiger partial charge in [0.2, 0.25) is 5.95 Å². The zero-order chi connectivity index (χ0) is 31.2. The molecular formula is C37H44N6O2S. The number of aryl methyl sites for hydroxylation is 1. The summed E-state index contributed by atoms with van der Waals surface area (Å²) < 4.78 is 7.59. The van der Waals surface area contributed by atoms with Crippen LogP contribution in [0, 0.1) is 6.92 Å². The van der Waals surface area contributed by atoms with Crippen LogP contribution in [0.5, 0.6) is 0 Å². The molecule has 0 amide bonds. The smallest absolute Gasteiger partial charge is 0.260 e. The fourth-order valence-corrected chi connectivity index (χ4v) is 9.34. The molecule has 1 N–H and O–H groups in total. The number of hydrogen-bond acceptors (Lipinski definition) is 8. The Kier molecular flexibility index (Phi) is 8.16. The lowest BCUT2D eigenvalue weighted by Crippen LogP contribution is -2.50. The highest BCUT2D eigenvalue weighted by atomic mass is 32.1. The fourth-order valence-electron chi connectivity index (χ4n) is 8.14. The second-order valence-electron chi connectivity index (χ2n) is 13.6. The largest absolute Gasteiger partial charge is 0.381 e. The van der Waals surface area contributed by atoms with Gasteiger partial charge in [-0.05, 0) is 119 Å². The van der Waals surface area contributed by atoms with E-state index in [-0.39, 0.29) is 5.56 Å². The van der Waals surface area contributed by atoms with Crippen LogP contribution in [0.1, 0.15) is 78.7 Å². The van der Waals surface area contributed by atoms with Gasteiger partial charge in [0, 0.05) is 77.2 Å². The first-order valence-corrected chi connectivity index (χ1v) is 17.9. The van der Waals surface area contributed by atoms with Crippen LogP contribution in [-0.4, -0.2) is 64.9 Å². The van der Waals surface area contributed by atoms with Crippen molar-refractivity contribution < 1.29 is 4.74 Å². The lowest BCUT2D eigenvalue weighted by Gasteiger charge is -2.38. The van der Waals surface area contributed by atoms with E-state index in [1.165, 1.54) is 51.5 Å². The maximum Gasteiger partial charge on any atom is 0.260 e. The molecule has 6 heterocycles. The molecule has 0 bridgehead atoms. The summed E-state index contributed by atoms with van der Waals surface area (Å²) in [5.41, 5.74) is 7.48. The molecule has 3 aliphatic heterocycles. The standard InChI is InChI=1S/C37H44N6O2S/c1-24-5-3-7-32(24)33-20-27-21-38-37(39-29-8-10-30(11-9-29)42-16-15-41-14-4-6-31(41)23-42)40-35(27)43(36(33)44)22-28-19-25(2)46-34(28)26-12-17-45-18-13-26/h8-11,19-21,26,31H,3-7,12-18,22-23H2,1-2H3,(H,38,39,40). The summed E-state index contributed by atoms with van der Waals surface area (Å²) >= 11 is 1.87. The van der Waals surface area contributed by atoms with Gasteiger partial charge in [0.05, 0.1) is 6.54 Å². The molecule has 3 aromatic heterocycles. The first kappa shape index (κ1) is 29.8. The van der Waals surface area contributed by atoms with E-state index in [0.29, 0.717) is 30.1 Å². The molecule has 0 saturated carbocycles. The maximum atomic E-state index is 14.4. The topological polar surface area (TPSA) is 75.5 Å². The number of pyridine rings is 1.